The molecule has 54 heavy (non-hydrogen) atoms. The average molecular weight is 767 g/mol. The lowest BCUT2D eigenvalue weighted by atomic mass is 9.35. The molecule has 8 fully saturated rings. The van der Waals surface area contributed by atoms with Crippen molar-refractivity contribution in [3.05, 3.63) is 11.6 Å². The van der Waals surface area contributed by atoms with E-state index in [9.17, 15) is 35.7 Å². The van der Waals surface area contributed by atoms with E-state index < -0.39 is 79.9 Å². The van der Waals surface area contributed by atoms with Crippen LogP contribution in [0.3, 0.4) is 0 Å². The van der Waals surface area contributed by atoms with Crippen LogP contribution in [0.1, 0.15) is 99.8 Å². The molecule has 4 heterocycles. The highest BCUT2D eigenvalue weighted by Gasteiger charge is 2.81. The van der Waals surface area contributed by atoms with Crippen molar-refractivity contribution < 1.29 is 64.2 Å². The van der Waals surface area contributed by atoms with E-state index in [1.807, 2.05) is 6.92 Å². The van der Waals surface area contributed by atoms with Crippen molar-refractivity contribution in [2.24, 2.45) is 45.3 Å². The van der Waals surface area contributed by atoms with Gasteiger partial charge >= 0.3 is 0 Å². The van der Waals surface area contributed by atoms with Crippen LogP contribution >= 0.6 is 0 Å². The van der Waals surface area contributed by atoms with Crippen LogP contribution in [-0.2, 0) is 28.4 Å². The molecule has 4 saturated carbocycles. The van der Waals surface area contributed by atoms with Gasteiger partial charge in [-0.15, -0.1) is 0 Å². The maximum atomic E-state index is 12.1. The third-order valence-electron chi connectivity index (χ3n) is 16.7. The quantitative estimate of drug-likeness (QED) is 0.147. The fourth-order valence-corrected chi connectivity index (χ4v) is 14.4. The summed E-state index contributed by atoms with van der Waals surface area (Å²) in [6.45, 7) is 15.2. The number of rotatable bonds is 7. The maximum absolute atomic E-state index is 12.1. The van der Waals surface area contributed by atoms with E-state index in [-0.39, 0.29) is 45.7 Å². The van der Waals surface area contributed by atoms with Gasteiger partial charge in [-0.2, -0.15) is 0 Å². The van der Waals surface area contributed by atoms with Crippen LogP contribution in [0.4, 0.5) is 0 Å². The first-order chi connectivity index (χ1) is 25.3. The fourth-order valence-electron chi connectivity index (χ4n) is 14.4. The number of ether oxygens (including phenoxy) is 6. The van der Waals surface area contributed by atoms with E-state index in [1.54, 1.807) is 0 Å². The first-order valence-corrected chi connectivity index (χ1v) is 20.5. The van der Waals surface area contributed by atoms with E-state index in [2.05, 4.69) is 47.6 Å². The summed E-state index contributed by atoms with van der Waals surface area (Å²) >= 11 is 0. The number of hydrogen-bond donors (Lipinski definition) is 7. The van der Waals surface area contributed by atoms with E-state index in [0.29, 0.717) is 31.3 Å². The number of aliphatic hydroxyl groups is 7. The van der Waals surface area contributed by atoms with Gasteiger partial charge in [0.1, 0.15) is 42.7 Å². The molecule has 20 atom stereocenters. The molecule has 7 N–H and O–H groups in total. The van der Waals surface area contributed by atoms with Gasteiger partial charge in [0.05, 0.1) is 37.6 Å². The Morgan fingerprint density at radius 2 is 1.44 bits per heavy atom. The predicted molar refractivity (Wildman–Crippen MR) is 192 cm³/mol. The molecule has 0 aromatic heterocycles. The first-order valence-electron chi connectivity index (χ1n) is 20.5. The van der Waals surface area contributed by atoms with Crippen LogP contribution in [0, 0.1) is 45.3 Å². The van der Waals surface area contributed by atoms with Gasteiger partial charge in [-0.05, 0) is 93.3 Å². The molecule has 8 aliphatic rings. The predicted octanol–water partition coefficient (Wildman–Crippen LogP) is 2.14. The summed E-state index contributed by atoms with van der Waals surface area (Å²) in [4.78, 5) is 0. The van der Waals surface area contributed by atoms with Gasteiger partial charge in [-0.1, -0.05) is 39.3 Å². The van der Waals surface area contributed by atoms with Crippen molar-refractivity contribution in [1.82, 2.24) is 0 Å². The second-order valence-electron chi connectivity index (χ2n) is 20.1. The topological polar surface area (TPSA) is 197 Å². The lowest BCUT2D eigenvalue weighted by Crippen LogP contribution is -2.67. The Hall–Kier alpha value is -0.780. The second-order valence-corrected chi connectivity index (χ2v) is 20.1. The standard InChI is InChI=1S/C41H66O13/c1-20(2)14-21-15-39(7,48)33-22-8-9-26-37(5)12-11-27(36(3,4)25(37)10-13-38(26,6)40(22)18-41(33,54-21)49-19-40)52-35-32(30(46)28(44)23(16-42)51-35)53-34-31(47)29(45)24(17-43)50-34/h14,21-35,42-48H,8-13,15-19H2,1-7H3/t21-,22-,23-,24+,25+,26-,27+,28-,29+,30+,31-,32-,33+,34+,35+,37+,38-,39+,40+,41+/m1/s1. The molecule has 4 aliphatic carbocycles. The van der Waals surface area contributed by atoms with Crippen LogP contribution in [0.5, 0.6) is 0 Å². The summed E-state index contributed by atoms with van der Waals surface area (Å²) in [5.41, 5.74) is -0.203. The van der Waals surface area contributed by atoms with E-state index in [1.165, 1.54) is 5.57 Å². The van der Waals surface area contributed by atoms with Gasteiger partial charge in [0.25, 0.3) is 0 Å². The van der Waals surface area contributed by atoms with Gasteiger partial charge in [0.15, 0.2) is 18.4 Å². The minimum atomic E-state index is -1.56. The Kier molecular flexibility index (Phi) is 9.91. The zero-order chi connectivity index (χ0) is 39.0. The number of allylic oxidation sites excluding steroid dienone is 1. The molecule has 13 nitrogen and oxygen atoms in total. The normalized spacial score (nSPS) is 57.5. The summed E-state index contributed by atoms with van der Waals surface area (Å²) in [7, 11) is 0. The molecular weight excluding hydrogens is 700 g/mol. The highest BCUT2D eigenvalue weighted by atomic mass is 16.8. The molecule has 0 unspecified atom stereocenters. The van der Waals surface area contributed by atoms with Gasteiger partial charge in [-0.3, -0.25) is 0 Å². The summed E-state index contributed by atoms with van der Waals surface area (Å²) in [5.74, 6) is 0.176. The molecule has 0 aromatic rings. The minimum absolute atomic E-state index is 0.0164. The molecule has 0 amide bonds. The van der Waals surface area contributed by atoms with Crippen molar-refractivity contribution in [1.29, 1.82) is 0 Å². The Balaban J connectivity index is 1.04. The third kappa shape index (κ3) is 5.58. The van der Waals surface area contributed by atoms with Crippen molar-refractivity contribution in [2.75, 3.05) is 19.8 Å². The number of fused-ring (bicyclic) bond motifs is 4. The van der Waals surface area contributed by atoms with E-state index in [4.69, 9.17) is 28.4 Å². The molecule has 2 bridgehead atoms. The summed E-state index contributed by atoms with van der Waals surface area (Å²) in [5, 5.41) is 74.8. The van der Waals surface area contributed by atoms with Crippen molar-refractivity contribution >= 4 is 0 Å². The third-order valence-corrected chi connectivity index (χ3v) is 16.7. The smallest absolute Gasteiger partial charge is 0.187 e. The second kappa shape index (κ2) is 13.4. The fraction of sp³-hybridized carbons (Fsp3) is 0.951. The zero-order valence-corrected chi connectivity index (χ0v) is 33.1. The Morgan fingerprint density at radius 3 is 2.11 bits per heavy atom. The van der Waals surface area contributed by atoms with Crippen molar-refractivity contribution in [3.63, 3.8) is 0 Å². The monoisotopic (exact) mass is 766 g/mol. The van der Waals surface area contributed by atoms with Crippen LogP contribution in [0.15, 0.2) is 11.6 Å². The zero-order valence-electron chi connectivity index (χ0n) is 33.1. The SMILES string of the molecule is CC(C)=C[C@@H]1C[C@](C)(O)[C@@H]2[C@H]3CC[C@@H]4[C@@]5(C)CC[C@H](O[C@@H]6O[C@H](CO)[C@@H](O)[C@H](O)[C@H]6O[C@@H]6O[C@@H](CO)[C@H](O)[C@H]6O)C(C)(C)[C@@H]5CC[C@@]4(C)[C@@]34CO[C@@]2(C4)O1. The van der Waals surface area contributed by atoms with Gasteiger partial charge < -0.3 is 64.2 Å². The molecule has 0 aromatic carbocycles. The molecular formula is C41H66O13. The van der Waals surface area contributed by atoms with E-state index >= 15 is 0 Å². The van der Waals surface area contributed by atoms with Crippen LogP contribution < -0.4 is 0 Å². The average Bonchev–Trinajstić information content (AvgIpc) is 3.71. The van der Waals surface area contributed by atoms with Gasteiger partial charge in [0.2, 0.25) is 0 Å². The number of aliphatic hydroxyl groups excluding tert-OH is 6. The Morgan fingerprint density at radius 1 is 0.778 bits per heavy atom. The molecule has 308 valence electrons. The van der Waals surface area contributed by atoms with Gasteiger partial charge in [0, 0.05) is 24.2 Å². The molecule has 4 saturated heterocycles. The lowest BCUT2D eigenvalue weighted by Gasteiger charge is -2.70. The highest BCUT2D eigenvalue weighted by Crippen LogP contribution is 2.80. The largest absolute Gasteiger partial charge is 0.394 e. The maximum Gasteiger partial charge on any atom is 0.187 e. The Labute approximate surface area is 319 Å². The lowest BCUT2D eigenvalue weighted by molar-refractivity contribution is -0.358. The highest BCUT2D eigenvalue weighted by molar-refractivity contribution is 5.26. The van der Waals surface area contributed by atoms with E-state index in [0.717, 1.165) is 38.5 Å². The summed E-state index contributed by atoms with van der Waals surface area (Å²) in [6, 6.07) is 0. The molecule has 4 aliphatic heterocycles. The Bertz CT molecular complexity index is 1450. The van der Waals surface area contributed by atoms with Gasteiger partial charge in [-0.25, -0.2) is 0 Å². The minimum Gasteiger partial charge on any atom is -0.394 e. The van der Waals surface area contributed by atoms with Crippen LogP contribution in [0.25, 0.3) is 0 Å². The molecule has 13 heteroatoms. The number of hydrogen-bond acceptors (Lipinski definition) is 13. The van der Waals surface area contributed by atoms with Crippen LogP contribution in [0.2, 0.25) is 0 Å². The van der Waals surface area contributed by atoms with Crippen molar-refractivity contribution in [2.45, 2.75) is 179 Å². The summed E-state index contributed by atoms with van der Waals surface area (Å²) < 4.78 is 38.1. The molecule has 8 rings (SSSR count). The summed E-state index contributed by atoms with van der Waals surface area (Å²) in [6.07, 6.45) is -3.44. The molecule has 0 radical (unpaired) electrons. The van der Waals surface area contributed by atoms with Crippen LogP contribution in [-0.4, -0.2) is 134 Å². The molecule has 2 spiro atoms. The first kappa shape index (κ1) is 40.0. The van der Waals surface area contributed by atoms with Crippen molar-refractivity contribution in [3.8, 4) is 0 Å².